The average Bonchev–Trinajstić information content (AvgIpc) is 1.92. The van der Waals surface area contributed by atoms with Crippen LogP contribution in [-0.2, 0) is 0 Å². The topological polar surface area (TPSA) is 3.88 Å². The highest BCUT2D eigenvalue weighted by molar-refractivity contribution is 6.50. The maximum Gasteiger partial charge on any atom is 0.673 e. The smallest absolute Gasteiger partial charge is 0.418 e. The lowest BCUT2D eigenvalue weighted by Crippen LogP contribution is -2.19. The van der Waals surface area contributed by atoms with Crippen LogP contribution in [0.1, 0.15) is 5.56 Å². The van der Waals surface area contributed by atoms with E-state index in [0.717, 1.165) is 5.56 Å². The molecule has 0 radical (unpaired) electrons. The van der Waals surface area contributed by atoms with Crippen LogP contribution in [0.4, 0.5) is 21.7 Å². The fraction of sp³-hybridized carbons (Fsp3) is 0.167. The normalized spacial score (nSPS) is 10.3. The molecule has 0 fully saturated rings. The van der Waals surface area contributed by atoms with Crippen molar-refractivity contribution in [1.29, 1.82) is 0 Å². The van der Waals surface area contributed by atoms with Crippen LogP contribution >= 0.6 is 0 Å². The number of rotatable bonds is 0. The summed E-state index contributed by atoms with van der Waals surface area (Å²) in [5.74, 6) is 0. The molecule has 1 nitrogen and oxygen atoms in total. The van der Waals surface area contributed by atoms with Crippen LogP contribution in [0.5, 0.6) is 0 Å². The van der Waals surface area contributed by atoms with Crippen molar-refractivity contribution >= 4 is 7.25 Å². The van der Waals surface area contributed by atoms with Gasteiger partial charge in [0.15, 0.2) is 0 Å². The third-order valence-corrected chi connectivity index (χ3v) is 0.960. The van der Waals surface area contributed by atoms with Gasteiger partial charge in [-0.1, -0.05) is 0 Å². The van der Waals surface area contributed by atoms with Crippen molar-refractivity contribution in [2.24, 2.45) is 0 Å². The average molecular weight is 199 g/mol. The van der Waals surface area contributed by atoms with Crippen LogP contribution in [0, 0.1) is 6.92 Å². The minimum Gasteiger partial charge on any atom is -0.418 e. The zero-order valence-electron chi connectivity index (χ0n) is 6.72. The van der Waals surface area contributed by atoms with Gasteiger partial charge >= 0.3 is 7.25 Å². The zero-order valence-corrected chi connectivity index (χ0v) is 6.72. The lowest BCUT2D eigenvalue weighted by atomic mass is 10.3. The second-order valence-corrected chi connectivity index (χ2v) is 2.21. The van der Waals surface area contributed by atoms with Crippen molar-refractivity contribution < 1.29 is 26.5 Å². The number of aryl methyl sites for hydroxylation is 1. The lowest BCUT2D eigenvalue weighted by molar-refractivity contribution is -0.843. The first-order valence-corrected chi connectivity index (χ1v) is 3.30. The zero-order chi connectivity index (χ0) is 10.5. The van der Waals surface area contributed by atoms with Crippen molar-refractivity contribution in [3.63, 3.8) is 0 Å². The van der Waals surface area contributed by atoms with Gasteiger partial charge in [-0.2, -0.15) is 0 Å². The first-order valence-electron chi connectivity index (χ1n) is 3.30. The molecule has 0 spiro atoms. The molecular formula is C6H7BF5N. The van der Waals surface area contributed by atoms with Crippen LogP contribution in [-0.4, -0.2) is 7.25 Å². The third kappa shape index (κ3) is 10.9. The largest absolute Gasteiger partial charge is 0.673 e. The van der Waals surface area contributed by atoms with Crippen LogP contribution < -0.4 is 4.79 Å². The molecule has 0 aromatic carbocycles. The first kappa shape index (κ1) is 11.9. The van der Waals surface area contributed by atoms with Gasteiger partial charge < -0.3 is 17.3 Å². The molecule has 0 N–H and O–H groups in total. The molecule has 0 saturated carbocycles. The molecule has 74 valence electrons. The highest BCUT2D eigenvalue weighted by Crippen LogP contribution is 2.06. The molecule has 13 heavy (non-hydrogen) atoms. The molecule has 0 amide bonds. The number of aromatic nitrogens is 1. The number of hydrogen-bond acceptors (Lipinski definition) is 0. The highest BCUT2D eigenvalue weighted by atomic mass is 19.5. The summed E-state index contributed by atoms with van der Waals surface area (Å²) in [6, 6.07) is 3.42. The first-order chi connectivity index (χ1) is 5.79. The monoisotopic (exact) mass is 199 g/mol. The van der Waals surface area contributed by atoms with Crippen LogP contribution in [0.2, 0.25) is 0 Å². The molecule has 1 aromatic heterocycles. The molecular weight excluding hydrogens is 192 g/mol. The summed E-state index contributed by atoms with van der Waals surface area (Å²) in [5.41, 5.74) is 1.07. The van der Waals surface area contributed by atoms with Gasteiger partial charge in [-0.15, -0.1) is 0 Å². The summed E-state index contributed by atoms with van der Waals surface area (Å²) in [4.78, 5) is 0.521. The van der Waals surface area contributed by atoms with Gasteiger partial charge in [0.2, 0.25) is 12.4 Å². The van der Waals surface area contributed by atoms with Crippen molar-refractivity contribution in [1.82, 2.24) is 0 Å². The van der Waals surface area contributed by atoms with Gasteiger partial charge in [0.25, 0.3) is 0 Å². The molecule has 0 atom stereocenters. The van der Waals surface area contributed by atoms with E-state index in [1.54, 1.807) is 12.1 Å². The third-order valence-electron chi connectivity index (χ3n) is 0.960. The summed E-state index contributed by atoms with van der Waals surface area (Å²) in [6.45, 7) is 1.92. The van der Waals surface area contributed by atoms with Gasteiger partial charge in [0, 0.05) is 16.9 Å². The van der Waals surface area contributed by atoms with E-state index in [0.29, 0.717) is 4.79 Å². The second kappa shape index (κ2) is 4.79. The van der Waals surface area contributed by atoms with E-state index in [2.05, 4.69) is 0 Å². The fourth-order valence-electron chi connectivity index (χ4n) is 0.483. The summed E-state index contributed by atoms with van der Waals surface area (Å²) >= 11 is 0. The lowest BCUT2D eigenvalue weighted by Gasteiger charge is -1.94. The van der Waals surface area contributed by atoms with E-state index in [1.807, 2.05) is 6.92 Å². The molecule has 0 aliphatic carbocycles. The quantitative estimate of drug-likeness (QED) is 0.445. The van der Waals surface area contributed by atoms with Crippen molar-refractivity contribution in [3.8, 4) is 0 Å². The van der Waals surface area contributed by atoms with Gasteiger partial charge in [0.05, 0.1) is 4.48 Å². The Morgan fingerprint density at radius 1 is 1.08 bits per heavy atom. The predicted molar refractivity (Wildman–Crippen MR) is 38.1 cm³/mol. The maximum absolute atomic E-state index is 12.0. The Balaban J connectivity index is 0.000000252. The summed E-state index contributed by atoms with van der Waals surface area (Å²) in [6.07, 6.45) is 2.74. The van der Waals surface area contributed by atoms with Gasteiger partial charge in [0.1, 0.15) is 0 Å². The Morgan fingerprint density at radius 2 is 1.38 bits per heavy atom. The van der Waals surface area contributed by atoms with Crippen LogP contribution in [0.15, 0.2) is 24.5 Å². The molecule has 1 heterocycles. The fourth-order valence-corrected chi connectivity index (χ4v) is 0.483. The molecule has 7 heteroatoms. The summed E-state index contributed by atoms with van der Waals surface area (Å²) in [7, 11) is -6.00. The minimum atomic E-state index is -6.00. The van der Waals surface area contributed by atoms with Crippen molar-refractivity contribution in [3.05, 3.63) is 30.1 Å². The van der Waals surface area contributed by atoms with Crippen molar-refractivity contribution in [2.45, 2.75) is 6.92 Å². The molecule has 1 rings (SSSR count). The Hall–Kier alpha value is -1.14. The molecule has 0 aliphatic rings. The number of pyridine rings is 1. The van der Waals surface area contributed by atoms with E-state index < -0.39 is 7.25 Å². The second-order valence-electron chi connectivity index (χ2n) is 2.21. The summed E-state index contributed by atoms with van der Waals surface area (Å²) in [5, 5.41) is 0. The van der Waals surface area contributed by atoms with E-state index in [4.69, 9.17) is 0 Å². The van der Waals surface area contributed by atoms with Crippen molar-refractivity contribution in [2.75, 3.05) is 0 Å². The van der Waals surface area contributed by atoms with Gasteiger partial charge in [-0.05, 0) is 12.5 Å². The van der Waals surface area contributed by atoms with Gasteiger partial charge in [-0.3, -0.25) is 0 Å². The predicted octanol–water partition coefficient (Wildman–Crippen LogP) is 2.32. The molecule has 1 aromatic rings. The molecule has 0 unspecified atom stereocenters. The Bertz CT molecular complexity index is 217. The highest BCUT2D eigenvalue weighted by Gasteiger charge is 2.20. The number of nitrogens with zero attached hydrogens (tertiary/aromatic N) is 1. The standard InChI is InChI=1S/C6H7FN.BF4/c1-6-2-4-8(7)5-3-6;2-1(3,4)5/h2-5H,1H3;/q+1;-1. The van der Waals surface area contributed by atoms with E-state index in [1.165, 1.54) is 12.4 Å². The minimum absolute atomic E-state index is 0.521. The maximum atomic E-state index is 12.0. The Labute approximate surface area is 71.8 Å². The summed E-state index contributed by atoms with van der Waals surface area (Å²) < 4.78 is 51.0. The number of halogens is 5. The SMILES string of the molecule is Cc1cc[n+](F)cc1.F[B-](F)(F)F. The van der Waals surface area contributed by atoms with Crippen LogP contribution in [0.25, 0.3) is 0 Å². The van der Waals surface area contributed by atoms with E-state index in [-0.39, 0.29) is 0 Å². The van der Waals surface area contributed by atoms with E-state index in [9.17, 15) is 21.7 Å². The Kier molecular flexibility index (Phi) is 4.37. The van der Waals surface area contributed by atoms with Gasteiger partial charge in [-0.25, -0.2) is 0 Å². The molecule has 0 aliphatic heterocycles. The number of hydrogen-bond donors (Lipinski definition) is 0. The molecule has 0 saturated heterocycles. The molecule has 0 bridgehead atoms. The van der Waals surface area contributed by atoms with Crippen LogP contribution in [0.3, 0.4) is 0 Å². The van der Waals surface area contributed by atoms with E-state index >= 15 is 0 Å². The Morgan fingerprint density at radius 3 is 1.62 bits per heavy atom.